The molecular formula is C5H14O11P2. The van der Waals surface area contributed by atoms with E-state index < -0.39 is 47.2 Å². The third-order valence-electron chi connectivity index (χ3n) is 1.62. The van der Waals surface area contributed by atoms with Crippen LogP contribution in [0.15, 0.2) is 0 Å². The highest BCUT2D eigenvalue weighted by Gasteiger charge is 2.29. The maximum absolute atomic E-state index is 10.3. The van der Waals surface area contributed by atoms with Gasteiger partial charge in [-0.3, -0.25) is 9.05 Å². The number of phosphoric acid groups is 2. The van der Waals surface area contributed by atoms with Crippen molar-refractivity contribution in [2.45, 2.75) is 18.3 Å². The fraction of sp³-hybridized carbons (Fsp3) is 1.00. The zero-order chi connectivity index (χ0) is 14.6. The van der Waals surface area contributed by atoms with E-state index in [0.717, 1.165) is 0 Å². The van der Waals surface area contributed by atoms with Crippen LogP contribution < -0.4 is 0 Å². The van der Waals surface area contributed by atoms with Gasteiger partial charge in [-0.05, 0) is 0 Å². The number of phosphoric ester groups is 2. The van der Waals surface area contributed by atoms with Crippen LogP contribution in [0.1, 0.15) is 0 Å². The summed E-state index contributed by atoms with van der Waals surface area (Å²) in [6.07, 6.45) is -5.73. The minimum atomic E-state index is -4.84. The molecule has 0 aliphatic rings. The van der Waals surface area contributed by atoms with E-state index in [-0.39, 0.29) is 0 Å². The van der Waals surface area contributed by atoms with Gasteiger partial charge < -0.3 is 34.9 Å². The van der Waals surface area contributed by atoms with E-state index in [1.54, 1.807) is 0 Å². The monoisotopic (exact) mass is 312 g/mol. The van der Waals surface area contributed by atoms with E-state index in [0.29, 0.717) is 0 Å². The second-order valence-electron chi connectivity index (χ2n) is 3.20. The standard InChI is InChI=1S/C5H14O11P2/c6-3(1-15-17(9,10)11)5(8)4(7)2-16-18(12,13)14/h3-8H,1-2H2,(H2,9,10,11)(H2,12,13,14)/t3-,4-/m0/s1. The SMILES string of the molecule is O=P(O)(O)OC[C@H](O)C(O)[C@@H](O)COP(=O)(O)O. The lowest BCUT2D eigenvalue weighted by molar-refractivity contribution is -0.0881. The number of rotatable bonds is 8. The summed E-state index contributed by atoms with van der Waals surface area (Å²) < 4.78 is 28.3. The van der Waals surface area contributed by atoms with Gasteiger partial charge >= 0.3 is 15.6 Å². The van der Waals surface area contributed by atoms with Crippen molar-refractivity contribution < 1.29 is 53.1 Å². The quantitative estimate of drug-likeness (QED) is 0.230. The normalized spacial score (nSPS) is 16.9. The van der Waals surface area contributed by atoms with Crippen LogP contribution in [0.2, 0.25) is 0 Å². The van der Waals surface area contributed by atoms with Crippen molar-refractivity contribution in [1.82, 2.24) is 0 Å². The molecule has 0 aromatic carbocycles. The molecule has 7 N–H and O–H groups in total. The predicted octanol–water partition coefficient (Wildman–Crippen LogP) is -2.71. The molecule has 0 radical (unpaired) electrons. The van der Waals surface area contributed by atoms with E-state index in [1.807, 2.05) is 0 Å². The van der Waals surface area contributed by atoms with Crippen molar-refractivity contribution in [1.29, 1.82) is 0 Å². The molecule has 11 nitrogen and oxygen atoms in total. The van der Waals surface area contributed by atoms with Crippen LogP contribution in [0.5, 0.6) is 0 Å². The Balaban J connectivity index is 4.16. The molecule has 0 aromatic heterocycles. The topological polar surface area (TPSA) is 194 Å². The molecule has 110 valence electrons. The number of hydrogen-bond acceptors (Lipinski definition) is 7. The van der Waals surface area contributed by atoms with Crippen molar-refractivity contribution >= 4 is 15.6 Å². The van der Waals surface area contributed by atoms with E-state index in [2.05, 4.69) is 9.05 Å². The molecule has 0 aliphatic heterocycles. The van der Waals surface area contributed by atoms with E-state index >= 15 is 0 Å². The predicted molar refractivity (Wildman–Crippen MR) is 54.0 cm³/mol. The van der Waals surface area contributed by atoms with Gasteiger partial charge in [-0.15, -0.1) is 0 Å². The second kappa shape index (κ2) is 7.04. The summed E-state index contributed by atoms with van der Waals surface area (Å²) in [4.78, 5) is 33.2. The van der Waals surface area contributed by atoms with Gasteiger partial charge in [0.25, 0.3) is 0 Å². The van der Waals surface area contributed by atoms with Gasteiger partial charge in [-0.25, -0.2) is 9.13 Å². The van der Waals surface area contributed by atoms with Crippen molar-refractivity contribution in [3.63, 3.8) is 0 Å². The zero-order valence-electron chi connectivity index (χ0n) is 8.80. The van der Waals surface area contributed by atoms with Crippen molar-refractivity contribution in [3.8, 4) is 0 Å². The lowest BCUT2D eigenvalue weighted by atomic mass is 10.1. The largest absolute Gasteiger partial charge is 0.469 e. The third kappa shape index (κ3) is 9.09. The van der Waals surface area contributed by atoms with Crippen LogP contribution in [0.25, 0.3) is 0 Å². The molecule has 2 atom stereocenters. The van der Waals surface area contributed by atoms with Gasteiger partial charge in [0.15, 0.2) is 0 Å². The molecule has 0 aliphatic carbocycles. The molecule has 0 amide bonds. The molecule has 0 bridgehead atoms. The minimum Gasteiger partial charge on any atom is -0.388 e. The van der Waals surface area contributed by atoms with Gasteiger partial charge in [0.05, 0.1) is 13.2 Å². The maximum Gasteiger partial charge on any atom is 0.469 e. The Hall–Kier alpha value is 0.1000. The molecule has 18 heavy (non-hydrogen) atoms. The number of hydrogen-bond donors (Lipinski definition) is 7. The van der Waals surface area contributed by atoms with E-state index in [1.165, 1.54) is 0 Å². The van der Waals surface area contributed by atoms with Crippen LogP contribution in [0, 0.1) is 0 Å². The van der Waals surface area contributed by atoms with Crippen LogP contribution in [0.4, 0.5) is 0 Å². The summed E-state index contributed by atoms with van der Waals surface area (Å²) in [5.41, 5.74) is 0. The highest BCUT2D eigenvalue weighted by molar-refractivity contribution is 7.46. The molecule has 0 unspecified atom stereocenters. The average Bonchev–Trinajstić information content (AvgIpc) is 2.19. The first-order valence-corrected chi connectivity index (χ1v) is 7.43. The van der Waals surface area contributed by atoms with Gasteiger partial charge in [0, 0.05) is 0 Å². The lowest BCUT2D eigenvalue weighted by Gasteiger charge is -2.22. The van der Waals surface area contributed by atoms with Crippen LogP contribution in [-0.4, -0.2) is 66.4 Å². The Labute approximate surface area is 101 Å². The zero-order valence-corrected chi connectivity index (χ0v) is 10.6. The molecule has 0 saturated heterocycles. The fourth-order valence-electron chi connectivity index (χ4n) is 0.801. The Bertz CT molecular complexity index is 300. The first-order valence-electron chi connectivity index (χ1n) is 4.37. The third-order valence-corrected chi connectivity index (χ3v) is 2.59. The Kier molecular flexibility index (Phi) is 7.07. The first-order chi connectivity index (χ1) is 7.92. The average molecular weight is 312 g/mol. The molecular weight excluding hydrogens is 298 g/mol. The van der Waals surface area contributed by atoms with E-state index in [9.17, 15) is 14.2 Å². The fourth-order valence-corrected chi connectivity index (χ4v) is 1.49. The van der Waals surface area contributed by atoms with Crippen LogP contribution in [-0.2, 0) is 18.2 Å². The van der Waals surface area contributed by atoms with Crippen LogP contribution in [0.3, 0.4) is 0 Å². The summed E-state index contributed by atoms with van der Waals surface area (Å²) in [5.74, 6) is 0. The summed E-state index contributed by atoms with van der Waals surface area (Å²) in [6, 6.07) is 0. The smallest absolute Gasteiger partial charge is 0.388 e. The summed E-state index contributed by atoms with van der Waals surface area (Å²) in [6.45, 7) is -1.98. The molecule has 13 heteroatoms. The lowest BCUT2D eigenvalue weighted by Crippen LogP contribution is -2.42. The minimum absolute atomic E-state index is 0.988. The number of aliphatic hydroxyl groups excluding tert-OH is 3. The highest BCUT2D eigenvalue weighted by atomic mass is 31.2. The van der Waals surface area contributed by atoms with E-state index in [4.69, 9.17) is 29.8 Å². The molecule has 0 fully saturated rings. The molecule has 0 rings (SSSR count). The maximum atomic E-state index is 10.3. The summed E-state index contributed by atoms with van der Waals surface area (Å²) in [7, 11) is -9.68. The molecule has 0 saturated carbocycles. The first kappa shape index (κ1) is 18.1. The number of aliphatic hydroxyl groups is 3. The Morgan fingerprint density at radius 3 is 1.28 bits per heavy atom. The summed E-state index contributed by atoms with van der Waals surface area (Å²) >= 11 is 0. The highest BCUT2D eigenvalue weighted by Crippen LogP contribution is 2.37. The van der Waals surface area contributed by atoms with Gasteiger partial charge in [0.1, 0.15) is 18.3 Å². The molecule has 0 aromatic rings. The van der Waals surface area contributed by atoms with Gasteiger partial charge in [-0.2, -0.15) is 0 Å². The van der Waals surface area contributed by atoms with Crippen molar-refractivity contribution in [2.24, 2.45) is 0 Å². The van der Waals surface area contributed by atoms with Crippen LogP contribution >= 0.6 is 15.6 Å². The van der Waals surface area contributed by atoms with Crippen molar-refractivity contribution in [3.05, 3.63) is 0 Å². The molecule has 0 spiro atoms. The summed E-state index contributed by atoms with van der Waals surface area (Å²) in [5, 5.41) is 27.5. The van der Waals surface area contributed by atoms with Gasteiger partial charge in [0.2, 0.25) is 0 Å². The Morgan fingerprint density at radius 2 is 1.06 bits per heavy atom. The van der Waals surface area contributed by atoms with Crippen molar-refractivity contribution in [2.75, 3.05) is 13.2 Å². The second-order valence-corrected chi connectivity index (χ2v) is 5.68. The molecule has 0 heterocycles. The van der Waals surface area contributed by atoms with Gasteiger partial charge in [-0.1, -0.05) is 0 Å². The Morgan fingerprint density at radius 1 is 0.778 bits per heavy atom.